The average molecular weight is 227 g/mol. The van der Waals surface area contributed by atoms with Gasteiger partial charge in [0.15, 0.2) is 23.3 Å². The van der Waals surface area contributed by atoms with Gasteiger partial charge in [0.1, 0.15) is 0 Å². The van der Waals surface area contributed by atoms with E-state index in [-0.39, 0.29) is 17.1 Å². The molecule has 1 aliphatic rings. The summed E-state index contributed by atoms with van der Waals surface area (Å²) in [4.78, 5) is 5.58. The Morgan fingerprint density at radius 3 is 2.62 bits per heavy atom. The third kappa shape index (κ3) is 1.94. The lowest BCUT2D eigenvalue weighted by Gasteiger charge is -2.21. The van der Waals surface area contributed by atoms with E-state index in [1.807, 2.05) is 4.90 Å². The predicted octanol–water partition coefficient (Wildman–Crippen LogP) is 2.18. The molecule has 5 heteroatoms. The van der Waals surface area contributed by atoms with Crippen molar-refractivity contribution in [1.82, 2.24) is 4.98 Å². The van der Waals surface area contributed by atoms with E-state index in [1.165, 1.54) is 0 Å². The highest BCUT2D eigenvalue weighted by Crippen LogP contribution is 2.33. The minimum absolute atomic E-state index is 0.136. The summed E-state index contributed by atoms with van der Waals surface area (Å²) in [5.41, 5.74) is 5.48. The second-order valence-electron chi connectivity index (χ2n) is 5.00. The molecule has 0 aromatic carbocycles. The summed E-state index contributed by atoms with van der Waals surface area (Å²) < 4.78 is 26.5. The molecule has 16 heavy (non-hydrogen) atoms. The third-order valence-corrected chi connectivity index (χ3v) is 2.92. The molecule has 0 spiro atoms. The molecule has 0 unspecified atom stereocenters. The van der Waals surface area contributed by atoms with Gasteiger partial charge < -0.3 is 10.6 Å². The predicted molar refractivity (Wildman–Crippen MR) is 59.2 cm³/mol. The van der Waals surface area contributed by atoms with Crippen LogP contribution in [-0.2, 0) is 0 Å². The second-order valence-corrected chi connectivity index (χ2v) is 5.00. The van der Waals surface area contributed by atoms with Gasteiger partial charge in [-0.05, 0) is 11.8 Å². The molecule has 0 bridgehead atoms. The molecule has 1 aromatic rings. The zero-order chi connectivity index (χ0) is 11.9. The van der Waals surface area contributed by atoms with E-state index in [1.54, 1.807) is 0 Å². The first kappa shape index (κ1) is 11.1. The van der Waals surface area contributed by atoms with Crippen molar-refractivity contribution in [2.75, 3.05) is 23.7 Å². The smallest absolute Gasteiger partial charge is 0.168 e. The molecule has 0 saturated carbocycles. The van der Waals surface area contributed by atoms with Gasteiger partial charge in [-0.3, -0.25) is 0 Å². The van der Waals surface area contributed by atoms with Gasteiger partial charge in [0, 0.05) is 19.2 Å². The monoisotopic (exact) mass is 227 g/mol. The molecule has 3 nitrogen and oxygen atoms in total. The Morgan fingerprint density at radius 1 is 1.38 bits per heavy atom. The normalized spacial score (nSPS) is 19.1. The number of rotatable bonds is 1. The Hall–Kier alpha value is -1.39. The Balaban J connectivity index is 2.32. The summed E-state index contributed by atoms with van der Waals surface area (Å²) in [6.07, 6.45) is 0.964. The largest absolute Gasteiger partial charge is 0.381 e. The molecule has 0 aliphatic carbocycles. The SMILES string of the molecule is CC1(C)CCN(c2nc(N)c(F)cc2F)C1. The van der Waals surface area contributed by atoms with Crippen LogP contribution in [0.25, 0.3) is 0 Å². The van der Waals surface area contributed by atoms with Gasteiger partial charge in [-0.1, -0.05) is 13.8 Å². The van der Waals surface area contributed by atoms with Gasteiger partial charge in [0.25, 0.3) is 0 Å². The van der Waals surface area contributed by atoms with Crippen molar-refractivity contribution in [3.8, 4) is 0 Å². The molecule has 1 aromatic heterocycles. The Kier molecular flexibility index (Phi) is 2.48. The number of anilines is 2. The van der Waals surface area contributed by atoms with E-state index < -0.39 is 11.6 Å². The van der Waals surface area contributed by atoms with Crippen LogP contribution in [0.5, 0.6) is 0 Å². The van der Waals surface area contributed by atoms with Gasteiger partial charge in [0.2, 0.25) is 0 Å². The maximum absolute atomic E-state index is 13.5. The van der Waals surface area contributed by atoms with Crippen molar-refractivity contribution >= 4 is 11.6 Å². The van der Waals surface area contributed by atoms with E-state index in [2.05, 4.69) is 18.8 Å². The summed E-state index contributed by atoms with van der Waals surface area (Å²) in [5.74, 6) is -1.55. The summed E-state index contributed by atoms with van der Waals surface area (Å²) in [5, 5.41) is 0. The highest BCUT2D eigenvalue weighted by Gasteiger charge is 2.31. The van der Waals surface area contributed by atoms with Crippen LogP contribution >= 0.6 is 0 Å². The minimum Gasteiger partial charge on any atom is -0.381 e. The Labute approximate surface area is 93.3 Å². The molecule has 2 rings (SSSR count). The minimum atomic E-state index is -0.806. The molecule has 1 aliphatic heterocycles. The van der Waals surface area contributed by atoms with Crippen LogP contribution in [0.4, 0.5) is 20.4 Å². The first-order chi connectivity index (χ1) is 7.39. The fourth-order valence-electron chi connectivity index (χ4n) is 1.99. The zero-order valence-electron chi connectivity index (χ0n) is 9.43. The van der Waals surface area contributed by atoms with Crippen molar-refractivity contribution in [2.45, 2.75) is 20.3 Å². The number of nitrogen functional groups attached to an aromatic ring is 1. The molecular weight excluding hydrogens is 212 g/mol. The first-order valence-corrected chi connectivity index (χ1v) is 5.25. The fourth-order valence-corrected chi connectivity index (χ4v) is 1.99. The van der Waals surface area contributed by atoms with Gasteiger partial charge >= 0.3 is 0 Å². The van der Waals surface area contributed by atoms with Crippen LogP contribution in [0.15, 0.2) is 6.07 Å². The van der Waals surface area contributed by atoms with Crippen LogP contribution in [0, 0.1) is 17.0 Å². The van der Waals surface area contributed by atoms with Crippen molar-refractivity contribution in [2.24, 2.45) is 5.41 Å². The number of nitrogens with two attached hydrogens (primary N) is 1. The number of pyridine rings is 1. The summed E-state index contributed by atoms with van der Waals surface area (Å²) in [6.45, 7) is 5.65. The highest BCUT2D eigenvalue weighted by molar-refractivity contribution is 5.48. The van der Waals surface area contributed by atoms with E-state index in [4.69, 9.17) is 5.73 Å². The standard InChI is InChI=1S/C11H15F2N3/c1-11(2)3-4-16(6-11)10-8(13)5-7(12)9(14)15-10/h5H,3-4,6H2,1-2H3,(H2,14,15). The fraction of sp³-hybridized carbons (Fsp3) is 0.545. The van der Waals surface area contributed by atoms with E-state index >= 15 is 0 Å². The molecule has 2 heterocycles. The quantitative estimate of drug-likeness (QED) is 0.799. The number of hydrogen-bond acceptors (Lipinski definition) is 3. The average Bonchev–Trinajstić information content (AvgIpc) is 2.52. The lowest BCUT2D eigenvalue weighted by Crippen LogP contribution is -2.25. The molecule has 2 N–H and O–H groups in total. The topological polar surface area (TPSA) is 42.2 Å². The van der Waals surface area contributed by atoms with E-state index in [9.17, 15) is 8.78 Å². The van der Waals surface area contributed by atoms with Crippen LogP contribution < -0.4 is 10.6 Å². The summed E-state index contributed by atoms with van der Waals surface area (Å²) in [7, 11) is 0. The number of nitrogens with zero attached hydrogens (tertiary/aromatic N) is 2. The van der Waals surface area contributed by atoms with Crippen LogP contribution in [-0.4, -0.2) is 18.1 Å². The lowest BCUT2D eigenvalue weighted by atomic mass is 9.93. The molecule has 1 fully saturated rings. The van der Waals surface area contributed by atoms with E-state index in [0.29, 0.717) is 6.54 Å². The van der Waals surface area contributed by atoms with Crippen molar-refractivity contribution in [1.29, 1.82) is 0 Å². The van der Waals surface area contributed by atoms with Gasteiger partial charge in [-0.15, -0.1) is 0 Å². The molecule has 0 atom stereocenters. The third-order valence-electron chi connectivity index (χ3n) is 2.92. The molecule has 0 amide bonds. The van der Waals surface area contributed by atoms with Crippen LogP contribution in [0.3, 0.4) is 0 Å². The summed E-state index contributed by atoms with van der Waals surface area (Å²) in [6, 6.07) is 0.795. The van der Waals surface area contributed by atoms with Gasteiger partial charge in [-0.2, -0.15) is 0 Å². The molecule has 0 radical (unpaired) electrons. The van der Waals surface area contributed by atoms with Crippen molar-refractivity contribution < 1.29 is 8.78 Å². The number of halogens is 2. The Bertz CT molecular complexity index is 418. The molecule has 88 valence electrons. The van der Waals surface area contributed by atoms with Crippen LogP contribution in [0.2, 0.25) is 0 Å². The summed E-state index contributed by atoms with van der Waals surface area (Å²) >= 11 is 0. The maximum atomic E-state index is 13.5. The highest BCUT2D eigenvalue weighted by atomic mass is 19.1. The molecular formula is C11H15F2N3. The lowest BCUT2D eigenvalue weighted by molar-refractivity contribution is 0.418. The van der Waals surface area contributed by atoms with Gasteiger partial charge in [0.05, 0.1) is 0 Å². The Morgan fingerprint density at radius 2 is 2.06 bits per heavy atom. The van der Waals surface area contributed by atoms with Crippen molar-refractivity contribution in [3.63, 3.8) is 0 Å². The first-order valence-electron chi connectivity index (χ1n) is 5.25. The number of aromatic nitrogens is 1. The van der Waals surface area contributed by atoms with Crippen LogP contribution in [0.1, 0.15) is 20.3 Å². The zero-order valence-corrected chi connectivity index (χ0v) is 9.43. The van der Waals surface area contributed by atoms with Gasteiger partial charge in [-0.25, -0.2) is 13.8 Å². The second kappa shape index (κ2) is 3.57. The van der Waals surface area contributed by atoms with Crippen molar-refractivity contribution in [3.05, 3.63) is 17.7 Å². The maximum Gasteiger partial charge on any atom is 0.168 e. The van der Waals surface area contributed by atoms with E-state index in [0.717, 1.165) is 19.0 Å². The number of hydrogen-bond donors (Lipinski definition) is 1. The molecule has 1 saturated heterocycles.